The minimum absolute atomic E-state index is 0.0339. The van der Waals surface area contributed by atoms with Crippen molar-refractivity contribution < 1.29 is 32.6 Å². The molecule has 0 saturated carbocycles. The Bertz CT molecular complexity index is 1490. The largest absolute Gasteiger partial charge is 0.476 e. The zero-order valence-electron chi connectivity index (χ0n) is 20.2. The molecular formula is C26H24F2N4O5. The molecule has 9 nitrogen and oxygen atoms in total. The second-order valence-electron chi connectivity index (χ2n) is 9.13. The number of hydrogen-bond donors (Lipinski definition) is 1. The van der Waals surface area contributed by atoms with E-state index in [1.54, 1.807) is 4.90 Å². The highest BCUT2D eigenvalue weighted by Crippen LogP contribution is 2.35. The van der Waals surface area contributed by atoms with Crippen LogP contribution in [0.4, 0.5) is 13.6 Å². The van der Waals surface area contributed by atoms with Gasteiger partial charge in [-0.25, -0.2) is 28.3 Å². The number of nitrogens with zero attached hydrogens (tertiary/aromatic N) is 4. The number of benzene rings is 1. The SMILES string of the molecule is COC(=O)N1CCCC(Cc2c(-c3c(F)cc(-c4nc(C(=O)O)co4)cc3F)nc3cc(C)ccn23)C1. The summed E-state index contributed by atoms with van der Waals surface area (Å²) in [4.78, 5) is 33.2. The second-order valence-corrected chi connectivity index (χ2v) is 9.13. The number of oxazole rings is 1. The highest BCUT2D eigenvalue weighted by molar-refractivity contribution is 5.85. The van der Waals surface area contributed by atoms with Gasteiger partial charge in [0.05, 0.1) is 24.1 Å². The quantitative estimate of drug-likeness (QED) is 0.404. The van der Waals surface area contributed by atoms with Crippen LogP contribution >= 0.6 is 0 Å². The van der Waals surface area contributed by atoms with E-state index in [1.807, 2.05) is 29.7 Å². The number of halogens is 2. The van der Waals surface area contributed by atoms with Crippen molar-refractivity contribution in [2.24, 2.45) is 5.92 Å². The van der Waals surface area contributed by atoms with Crippen molar-refractivity contribution in [2.45, 2.75) is 26.2 Å². The van der Waals surface area contributed by atoms with Crippen LogP contribution in [0.5, 0.6) is 0 Å². The van der Waals surface area contributed by atoms with Gasteiger partial charge in [0.15, 0.2) is 5.69 Å². The average molecular weight is 510 g/mol. The topological polar surface area (TPSA) is 110 Å². The molecule has 1 saturated heterocycles. The number of likely N-dealkylation sites (tertiary alicyclic amines) is 1. The molecule has 0 spiro atoms. The molecule has 1 atom stereocenters. The van der Waals surface area contributed by atoms with Crippen LogP contribution in [0, 0.1) is 24.5 Å². The molecule has 1 aliphatic rings. The normalized spacial score (nSPS) is 15.8. The van der Waals surface area contributed by atoms with Crippen LogP contribution in [0.3, 0.4) is 0 Å². The summed E-state index contributed by atoms with van der Waals surface area (Å²) < 4.78 is 42.8. The minimum Gasteiger partial charge on any atom is -0.476 e. The lowest BCUT2D eigenvalue weighted by molar-refractivity contribution is 0.0690. The highest BCUT2D eigenvalue weighted by Gasteiger charge is 2.29. The number of ether oxygens (including phenoxy) is 1. The van der Waals surface area contributed by atoms with Gasteiger partial charge in [0.1, 0.15) is 23.5 Å². The van der Waals surface area contributed by atoms with Crippen LogP contribution in [0.15, 0.2) is 41.1 Å². The van der Waals surface area contributed by atoms with Crippen LogP contribution in [-0.2, 0) is 11.2 Å². The number of piperidine rings is 1. The van der Waals surface area contributed by atoms with Gasteiger partial charge in [-0.05, 0) is 61.9 Å². The molecule has 1 N–H and O–H groups in total. The number of hydrogen-bond acceptors (Lipinski definition) is 6. The van der Waals surface area contributed by atoms with Gasteiger partial charge in [-0.15, -0.1) is 0 Å². The molecule has 0 radical (unpaired) electrons. The Morgan fingerprint density at radius 1 is 1.22 bits per heavy atom. The summed E-state index contributed by atoms with van der Waals surface area (Å²) in [7, 11) is 1.34. The highest BCUT2D eigenvalue weighted by atomic mass is 19.1. The Morgan fingerprint density at radius 2 is 1.97 bits per heavy atom. The van der Waals surface area contributed by atoms with E-state index in [9.17, 15) is 9.59 Å². The number of pyridine rings is 1. The molecule has 1 aromatic carbocycles. The van der Waals surface area contributed by atoms with Gasteiger partial charge in [-0.2, -0.15) is 0 Å². The molecule has 1 fully saturated rings. The third-order valence-corrected chi connectivity index (χ3v) is 6.56. The number of amides is 1. The van der Waals surface area contributed by atoms with Gasteiger partial charge >= 0.3 is 12.1 Å². The molecule has 1 unspecified atom stereocenters. The van der Waals surface area contributed by atoms with Crippen molar-refractivity contribution in [3.8, 4) is 22.7 Å². The maximum atomic E-state index is 15.5. The number of carbonyl (C=O) groups is 2. The maximum Gasteiger partial charge on any atom is 0.409 e. The minimum atomic E-state index is -1.31. The Morgan fingerprint density at radius 3 is 2.65 bits per heavy atom. The molecule has 4 aromatic rings. The summed E-state index contributed by atoms with van der Waals surface area (Å²) >= 11 is 0. The molecule has 1 amide bonds. The molecule has 37 heavy (non-hydrogen) atoms. The number of carbonyl (C=O) groups excluding carboxylic acids is 1. The molecular weight excluding hydrogens is 486 g/mol. The predicted octanol–water partition coefficient (Wildman–Crippen LogP) is 4.96. The van der Waals surface area contributed by atoms with Gasteiger partial charge in [0, 0.05) is 24.8 Å². The summed E-state index contributed by atoms with van der Waals surface area (Å²) in [6, 6.07) is 5.82. The molecule has 3 aromatic heterocycles. The molecule has 1 aliphatic heterocycles. The van der Waals surface area contributed by atoms with Crippen molar-refractivity contribution >= 4 is 17.7 Å². The predicted molar refractivity (Wildman–Crippen MR) is 128 cm³/mol. The molecule has 5 rings (SSSR count). The van der Waals surface area contributed by atoms with E-state index in [4.69, 9.17) is 14.3 Å². The number of fused-ring (bicyclic) bond motifs is 1. The Labute approximate surface area is 210 Å². The Hall–Kier alpha value is -4.28. The maximum absolute atomic E-state index is 15.5. The van der Waals surface area contributed by atoms with E-state index in [-0.39, 0.29) is 34.3 Å². The van der Waals surface area contributed by atoms with Crippen LogP contribution in [0.25, 0.3) is 28.4 Å². The fraction of sp³-hybridized carbons (Fsp3) is 0.308. The van der Waals surface area contributed by atoms with Crippen LogP contribution in [-0.4, -0.2) is 56.6 Å². The summed E-state index contributed by atoms with van der Waals surface area (Å²) in [6.45, 7) is 2.96. The monoisotopic (exact) mass is 510 g/mol. The first-order chi connectivity index (χ1) is 17.7. The van der Waals surface area contributed by atoms with Gasteiger partial charge < -0.3 is 23.6 Å². The number of aromatic nitrogens is 3. The fourth-order valence-corrected chi connectivity index (χ4v) is 4.82. The molecule has 0 bridgehead atoms. The zero-order valence-corrected chi connectivity index (χ0v) is 20.2. The third kappa shape index (κ3) is 4.64. The smallest absolute Gasteiger partial charge is 0.409 e. The molecule has 11 heteroatoms. The van der Waals surface area contributed by atoms with Crippen molar-refractivity contribution in [3.63, 3.8) is 0 Å². The van der Waals surface area contributed by atoms with Crippen LogP contribution in [0.1, 0.15) is 34.6 Å². The van der Waals surface area contributed by atoms with Crippen LogP contribution < -0.4 is 0 Å². The van der Waals surface area contributed by atoms with Crippen LogP contribution in [0.2, 0.25) is 0 Å². The lowest BCUT2D eigenvalue weighted by Crippen LogP contribution is -2.40. The van der Waals surface area contributed by atoms with Crippen molar-refractivity contribution in [1.29, 1.82) is 0 Å². The number of aromatic carboxylic acids is 1. The number of aryl methyl sites for hydroxylation is 1. The Balaban J connectivity index is 1.57. The van der Waals surface area contributed by atoms with Crippen molar-refractivity contribution in [3.05, 3.63) is 65.3 Å². The summed E-state index contributed by atoms with van der Waals surface area (Å²) in [6.07, 6.45) is 4.40. The van der Waals surface area contributed by atoms with Gasteiger partial charge in [0.25, 0.3) is 0 Å². The van der Waals surface area contributed by atoms with E-state index in [0.717, 1.165) is 36.8 Å². The average Bonchev–Trinajstić information content (AvgIpc) is 3.49. The van der Waals surface area contributed by atoms with E-state index >= 15 is 8.78 Å². The summed E-state index contributed by atoms with van der Waals surface area (Å²) in [5, 5.41) is 9.05. The number of carboxylic acid groups (broad SMARTS) is 1. The lowest BCUT2D eigenvalue weighted by Gasteiger charge is -2.31. The molecule has 0 aliphatic carbocycles. The number of methoxy groups -OCH3 is 1. The van der Waals surface area contributed by atoms with Crippen molar-refractivity contribution in [2.75, 3.05) is 20.2 Å². The molecule has 192 valence electrons. The number of rotatable bonds is 5. The first kappa shape index (κ1) is 24.4. The number of imidazole rings is 1. The lowest BCUT2D eigenvalue weighted by atomic mass is 9.92. The van der Waals surface area contributed by atoms with Crippen molar-refractivity contribution in [1.82, 2.24) is 19.3 Å². The first-order valence-corrected chi connectivity index (χ1v) is 11.7. The van der Waals surface area contributed by atoms with E-state index < -0.39 is 23.7 Å². The van der Waals surface area contributed by atoms with E-state index in [2.05, 4.69) is 9.97 Å². The van der Waals surface area contributed by atoms with Gasteiger partial charge in [-0.3, -0.25) is 0 Å². The molecule has 4 heterocycles. The van der Waals surface area contributed by atoms with Gasteiger partial charge in [-0.1, -0.05) is 0 Å². The van der Waals surface area contributed by atoms with E-state index in [1.165, 1.54) is 7.11 Å². The zero-order chi connectivity index (χ0) is 26.3. The second kappa shape index (κ2) is 9.64. The van der Waals surface area contributed by atoms with Gasteiger partial charge in [0.2, 0.25) is 5.89 Å². The number of carboxylic acids is 1. The Kier molecular flexibility index (Phi) is 6.36. The summed E-state index contributed by atoms with van der Waals surface area (Å²) in [5.74, 6) is -3.25. The van der Waals surface area contributed by atoms with E-state index in [0.29, 0.717) is 30.9 Å². The fourth-order valence-electron chi connectivity index (χ4n) is 4.82. The standard InChI is InChI=1S/C26H24F2N4O5/c1-14-5-7-32-20(9-15-4-3-6-31(12-15)26(35)36-2)23(30-21(32)8-14)22-17(27)10-16(11-18(22)28)24-29-19(13-37-24)25(33)34/h5,7-8,10-11,13,15H,3-4,6,9,12H2,1-2H3,(H,33,34). The summed E-state index contributed by atoms with van der Waals surface area (Å²) in [5.41, 5.74) is 1.58. The third-order valence-electron chi connectivity index (χ3n) is 6.56. The first-order valence-electron chi connectivity index (χ1n) is 11.7.